The van der Waals surface area contributed by atoms with E-state index in [2.05, 4.69) is 108 Å². The van der Waals surface area contributed by atoms with Crippen LogP contribution < -0.4 is 0 Å². The molecule has 0 saturated carbocycles. The molecule has 0 atom stereocenters. The fourth-order valence-electron chi connectivity index (χ4n) is 3.08. The first-order valence-corrected chi connectivity index (χ1v) is 9.85. The molecule has 0 aliphatic carbocycles. The lowest BCUT2D eigenvalue weighted by Crippen LogP contribution is -2.16. The summed E-state index contributed by atoms with van der Waals surface area (Å²) in [6.45, 7) is 0. The Labute approximate surface area is 146 Å². The molecule has 1 heterocycles. The van der Waals surface area contributed by atoms with E-state index in [4.69, 9.17) is 0 Å². The topological polar surface area (TPSA) is 0 Å². The van der Waals surface area contributed by atoms with E-state index in [0.717, 1.165) is 0 Å². The quantitative estimate of drug-likeness (QED) is 0.573. The zero-order chi connectivity index (χ0) is 15.5. The maximum atomic E-state index is 2.31. The maximum absolute atomic E-state index is 2.31. The Morgan fingerprint density at radius 1 is 0.522 bits per heavy atom. The number of hydrogen-bond acceptors (Lipinski definition) is 2. The molecule has 3 aromatic carbocycles. The molecular weight excluding hydrogens is 316 g/mol. The summed E-state index contributed by atoms with van der Waals surface area (Å²) in [6, 6.07) is 30.6. The average Bonchev–Trinajstić information content (AvgIpc) is 3.14. The van der Waals surface area contributed by atoms with Crippen LogP contribution in [0.1, 0.15) is 11.1 Å². The van der Waals surface area contributed by atoms with Crippen molar-refractivity contribution in [1.29, 1.82) is 0 Å². The molecule has 3 aromatic rings. The summed E-state index contributed by atoms with van der Waals surface area (Å²) in [5, 5.41) is 0. The van der Waals surface area contributed by atoms with Gasteiger partial charge in [0, 0.05) is 11.5 Å². The van der Waals surface area contributed by atoms with Gasteiger partial charge in [-0.15, -0.1) is 23.5 Å². The standard InChI is InChI=1S/C21H18S2/c1-3-7-17(8-4-1)18-11-13-20(14-12-18)21(22-15-16-23-21)19-9-5-2-6-10-19/h1-14H,15-16H2. The first-order chi connectivity index (χ1) is 11.4. The Kier molecular flexibility index (Phi) is 4.19. The van der Waals surface area contributed by atoms with Crippen molar-refractivity contribution in [2.45, 2.75) is 4.08 Å². The molecule has 1 aliphatic rings. The van der Waals surface area contributed by atoms with Crippen molar-refractivity contribution in [1.82, 2.24) is 0 Å². The van der Waals surface area contributed by atoms with Crippen molar-refractivity contribution in [3.63, 3.8) is 0 Å². The smallest absolute Gasteiger partial charge is 0.111 e. The lowest BCUT2D eigenvalue weighted by molar-refractivity contribution is 1.08. The second-order valence-corrected chi connectivity index (χ2v) is 8.50. The zero-order valence-electron chi connectivity index (χ0n) is 12.8. The molecule has 1 saturated heterocycles. The Morgan fingerprint density at radius 3 is 1.61 bits per heavy atom. The van der Waals surface area contributed by atoms with E-state index in [9.17, 15) is 0 Å². The van der Waals surface area contributed by atoms with Gasteiger partial charge in [-0.25, -0.2) is 0 Å². The van der Waals surface area contributed by atoms with Gasteiger partial charge in [-0.2, -0.15) is 0 Å². The van der Waals surface area contributed by atoms with Gasteiger partial charge < -0.3 is 0 Å². The van der Waals surface area contributed by atoms with Gasteiger partial charge in [-0.1, -0.05) is 84.9 Å². The molecule has 0 aromatic heterocycles. The Morgan fingerprint density at radius 2 is 1.00 bits per heavy atom. The van der Waals surface area contributed by atoms with Gasteiger partial charge in [0.2, 0.25) is 0 Å². The van der Waals surface area contributed by atoms with E-state index in [1.165, 1.54) is 33.8 Å². The van der Waals surface area contributed by atoms with Crippen LogP contribution in [0.4, 0.5) is 0 Å². The molecule has 4 rings (SSSR count). The molecule has 0 nitrogen and oxygen atoms in total. The van der Waals surface area contributed by atoms with Gasteiger partial charge in [-0.3, -0.25) is 0 Å². The van der Waals surface area contributed by atoms with Crippen LogP contribution in [0.15, 0.2) is 84.9 Å². The Bertz CT molecular complexity index is 758. The van der Waals surface area contributed by atoms with Crippen molar-refractivity contribution in [3.8, 4) is 11.1 Å². The fourth-order valence-corrected chi connectivity index (χ4v) is 6.37. The van der Waals surface area contributed by atoms with Crippen molar-refractivity contribution in [2.75, 3.05) is 11.5 Å². The molecule has 0 spiro atoms. The third kappa shape index (κ3) is 2.82. The predicted octanol–water partition coefficient (Wildman–Crippen LogP) is 6.03. The van der Waals surface area contributed by atoms with Gasteiger partial charge in [-0.05, 0) is 22.3 Å². The van der Waals surface area contributed by atoms with E-state index in [0.29, 0.717) is 0 Å². The molecule has 1 aliphatic heterocycles. The summed E-state index contributed by atoms with van der Waals surface area (Å²) in [7, 11) is 0. The summed E-state index contributed by atoms with van der Waals surface area (Å²) in [5.74, 6) is 2.42. The summed E-state index contributed by atoms with van der Waals surface area (Å²) in [5.41, 5.74) is 5.36. The third-order valence-electron chi connectivity index (χ3n) is 4.22. The highest BCUT2D eigenvalue weighted by atomic mass is 32.2. The van der Waals surface area contributed by atoms with Gasteiger partial charge >= 0.3 is 0 Å². The van der Waals surface area contributed by atoms with Crippen LogP contribution in [0.5, 0.6) is 0 Å². The molecule has 0 bridgehead atoms. The van der Waals surface area contributed by atoms with E-state index in [1.807, 2.05) is 0 Å². The van der Waals surface area contributed by atoms with E-state index in [1.54, 1.807) is 0 Å². The minimum atomic E-state index is 0.0521. The van der Waals surface area contributed by atoms with Crippen LogP contribution in [-0.4, -0.2) is 11.5 Å². The highest BCUT2D eigenvalue weighted by molar-refractivity contribution is 8.20. The average molecular weight is 335 g/mol. The highest BCUT2D eigenvalue weighted by Gasteiger charge is 2.39. The second-order valence-electron chi connectivity index (χ2n) is 5.62. The van der Waals surface area contributed by atoms with E-state index < -0.39 is 0 Å². The lowest BCUT2D eigenvalue weighted by atomic mass is 9.99. The Hall–Kier alpha value is -1.64. The summed E-state index contributed by atoms with van der Waals surface area (Å²) in [4.78, 5) is 0. The number of rotatable bonds is 3. The van der Waals surface area contributed by atoms with Crippen LogP contribution in [0.25, 0.3) is 11.1 Å². The monoisotopic (exact) mass is 334 g/mol. The van der Waals surface area contributed by atoms with E-state index in [-0.39, 0.29) is 4.08 Å². The molecule has 0 unspecified atom stereocenters. The van der Waals surface area contributed by atoms with Gasteiger partial charge in [0.15, 0.2) is 0 Å². The molecular formula is C21H18S2. The SMILES string of the molecule is c1ccc(-c2ccc(C3(c4ccccc4)SCCS3)cc2)cc1. The summed E-state index contributed by atoms with van der Waals surface area (Å²) >= 11 is 4.12. The van der Waals surface area contributed by atoms with E-state index >= 15 is 0 Å². The van der Waals surface area contributed by atoms with Gasteiger partial charge in [0.25, 0.3) is 0 Å². The molecule has 2 heteroatoms. The van der Waals surface area contributed by atoms with Crippen LogP contribution in [0, 0.1) is 0 Å². The van der Waals surface area contributed by atoms with Crippen LogP contribution in [0.2, 0.25) is 0 Å². The first kappa shape index (κ1) is 14.9. The normalized spacial score (nSPS) is 16.3. The lowest BCUT2D eigenvalue weighted by Gasteiger charge is -2.28. The second kappa shape index (κ2) is 6.46. The first-order valence-electron chi connectivity index (χ1n) is 7.88. The third-order valence-corrected chi connectivity index (χ3v) is 7.76. The molecule has 0 radical (unpaired) electrons. The summed E-state index contributed by atoms with van der Waals surface area (Å²) < 4.78 is 0.0521. The number of thioether (sulfide) groups is 2. The number of benzene rings is 3. The largest absolute Gasteiger partial charge is 0.134 e. The molecule has 1 fully saturated rings. The zero-order valence-corrected chi connectivity index (χ0v) is 14.4. The minimum absolute atomic E-state index is 0.0521. The molecule has 0 amide bonds. The van der Waals surface area contributed by atoms with Crippen molar-refractivity contribution in [3.05, 3.63) is 96.1 Å². The van der Waals surface area contributed by atoms with Crippen molar-refractivity contribution >= 4 is 23.5 Å². The van der Waals surface area contributed by atoms with Crippen molar-refractivity contribution < 1.29 is 0 Å². The molecule has 0 N–H and O–H groups in total. The highest BCUT2D eigenvalue weighted by Crippen LogP contribution is 2.56. The Balaban J connectivity index is 1.74. The predicted molar refractivity (Wildman–Crippen MR) is 104 cm³/mol. The van der Waals surface area contributed by atoms with Gasteiger partial charge in [0.05, 0.1) is 0 Å². The van der Waals surface area contributed by atoms with Crippen LogP contribution in [0.3, 0.4) is 0 Å². The van der Waals surface area contributed by atoms with Crippen LogP contribution >= 0.6 is 23.5 Å². The fraction of sp³-hybridized carbons (Fsp3) is 0.143. The maximum Gasteiger partial charge on any atom is 0.111 e. The number of hydrogen-bond donors (Lipinski definition) is 0. The van der Waals surface area contributed by atoms with Gasteiger partial charge in [0.1, 0.15) is 4.08 Å². The summed E-state index contributed by atoms with van der Waals surface area (Å²) in [6.07, 6.45) is 0. The minimum Gasteiger partial charge on any atom is -0.134 e. The molecule has 23 heavy (non-hydrogen) atoms. The molecule has 114 valence electrons. The van der Waals surface area contributed by atoms with Crippen LogP contribution in [-0.2, 0) is 4.08 Å². The van der Waals surface area contributed by atoms with Crippen molar-refractivity contribution in [2.24, 2.45) is 0 Å².